The van der Waals surface area contributed by atoms with Crippen LogP contribution in [0.25, 0.3) is 0 Å². The number of piperidine rings is 1. The largest absolute Gasteiger partial charge is 0.455 e. The van der Waals surface area contributed by atoms with Gasteiger partial charge < -0.3 is 19.7 Å². The molecule has 1 heterocycles. The van der Waals surface area contributed by atoms with E-state index in [9.17, 15) is 23.2 Å². The number of esters is 1. The molecule has 166 valence electrons. The molecule has 1 saturated heterocycles. The molecule has 1 aromatic carbocycles. The van der Waals surface area contributed by atoms with Crippen LogP contribution < -0.4 is 5.32 Å². The molecule has 10 heteroatoms. The predicted molar refractivity (Wildman–Crippen MR) is 108 cm³/mol. The van der Waals surface area contributed by atoms with Crippen LogP contribution in [0.5, 0.6) is 0 Å². The van der Waals surface area contributed by atoms with Crippen molar-refractivity contribution in [3.8, 4) is 0 Å². The molecule has 0 saturated carbocycles. The molecule has 0 spiro atoms. The fourth-order valence-corrected chi connectivity index (χ4v) is 3.43. The third-order valence-electron chi connectivity index (χ3n) is 4.20. The maximum Gasteiger partial charge on any atom is 0.410 e. The number of carbonyl (C=O) groups excluding carboxylic acids is 3. The van der Waals surface area contributed by atoms with E-state index in [4.69, 9.17) is 9.47 Å². The van der Waals surface area contributed by atoms with Crippen LogP contribution in [0.2, 0.25) is 0 Å². The predicted octanol–water partition coefficient (Wildman–Crippen LogP) is 4.13. The Hall–Kier alpha value is -2.36. The summed E-state index contributed by atoms with van der Waals surface area (Å²) in [6, 6.07) is 6.16. The smallest absolute Gasteiger partial charge is 0.410 e. The van der Waals surface area contributed by atoms with Crippen molar-refractivity contribution in [1.29, 1.82) is 0 Å². The minimum absolute atomic E-state index is 0.224. The zero-order chi connectivity index (χ0) is 22.3. The molecular formula is C20H26F2N2O5S. The summed E-state index contributed by atoms with van der Waals surface area (Å²) in [7, 11) is 0. The normalized spacial score (nSPS) is 15.1. The Morgan fingerprint density at radius 3 is 2.43 bits per heavy atom. The van der Waals surface area contributed by atoms with E-state index in [1.807, 2.05) is 0 Å². The first kappa shape index (κ1) is 23.9. The lowest BCUT2D eigenvalue weighted by molar-refractivity contribution is -0.153. The molecular weight excluding hydrogens is 418 g/mol. The lowest BCUT2D eigenvalue weighted by Crippen LogP contribution is -2.43. The first-order valence-electron chi connectivity index (χ1n) is 9.53. The van der Waals surface area contributed by atoms with E-state index in [2.05, 4.69) is 5.32 Å². The van der Waals surface area contributed by atoms with Gasteiger partial charge in [-0.3, -0.25) is 9.59 Å². The van der Waals surface area contributed by atoms with Gasteiger partial charge in [-0.2, -0.15) is 8.78 Å². The van der Waals surface area contributed by atoms with Crippen molar-refractivity contribution >= 4 is 35.4 Å². The number of alkyl halides is 2. The van der Waals surface area contributed by atoms with E-state index >= 15 is 0 Å². The second kappa shape index (κ2) is 10.6. The number of halogens is 2. The monoisotopic (exact) mass is 444 g/mol. The van der Waals surface area contributed by atoms with Crippen molar-refractivity contribution in [2.75, 3.05) is 25.0 Å². The maximum absolute atomic E-state index is 12.6. The first-order valence-corrected chi connectivity index (χ1v) is 10.4. The number of rotatable bonds is 6. The average Bonchev–Trinajstić information content (AvgIpc) is 2.66. The number of amides is 2. The Balaban J connectivity index is 1.78. The van der Waals surface area contributed by atoms with Crippen molar-refractivity contribution in [2.45, 2.75) is 49.9 Å². The summed E-state index contributed by atoms with van der Waals surface area (Å²) in [4.78, 5) is 38.1. The number of ether oxygens (including phenoxy) is 2. The van der Waals surface area contributed by atoms with Gasteiger partial charge >= 0.3 is 12.1 Å². The number of likely N-dealkylation sites (tertiary alicyclic amines) is 1. The van der Waals surface area contributed by atoms with Crippen molar-refractivity contribution in [3.05, 3.63) is 24.3 Å². The van der Waals surface area contributed by atoms with Gasteiger partial charge in [0.05, 0.1) is 11.6 Å². The summed E-state index contributed by atoms with van der Waals surface area (Å²) in [6.07, 6.45) is 0.398. The van der Waals surface area contributed by atoms with Crippen LogP contribution in [0.3, 0.4) is 0 Å². The number of anilines is 1. The first-order chi connectivity index (χ1) is 14.0. The van der Waals surface area contributed by atoms with Gasteiger partial charge in [-0.15, -0.1) is 0 Å². The summed E-state index contributed by atoms with van der Waals surface area (Å²) in [5, 5.41) is 2.48. The lowest BCUT2D eigenvalue weighted by Gasteiger charge is -2.32. The van der Waals surface area contributed by atoms with Crippen molar-refractivity contribution in [1.82, 2.24) is 4.90 Å². The van der Waals surface area contributed by atoms with E-state index in [-0.39, 0.29) is 10.6 Å². The Morgan fingerprint density at radius 2 is 1.83 bits per heavy atom. The van der Waals surface area contributed by atoms with E-state index in [1.165, 1.54) is 12.1 Å². The molecule has 1 aliphatic heterocycles. The van der Waals surface area contributed by atoms with Gasteiger partial charge in [0.25, 0.3) is 11.7 Å². The number of nitrogens with one attached hydrogen (secondary N) is 1. The quantitative estimate of drug-likeness (QED) is 0.525. The molecule has 0 bridgehead atoms. The van der Waals surface area contributed by atoms with Crippen LogP contribution in [-0.4, -0.2) is 53.9 Å². The minimum Gasteiger partial charge on any atom is -0.455 e. The molecule has 0 aromatic heterocycles. The molecule has 2 rings (SSSR count). The van der Waals surface area contributed by atoms with Gasteiger partial charge in [0, 0.05) is 18.0 Å². The maximum atomic E-state index is 12.6. The van der Waals surface area contributed by atoms with Crippen molar-refractivity contribution < 1.29 is 32.6 Å². The molecule has 1 fully saturated rings. The van der Waals surface area contributed by atoms with Gasteiger partial charge in [-0.1, -0.05) is 23.9 Å². The summed E-state index contributed by atoms with van der Waals surface area (Å²) in [6.45, 7) is 5.55. The average molecular weight is 445 g/mol. The minimum atomic E-state index is -2.62. The zero-order valence-electron chi connectivity index (χ0n) is 17.2. The van der Waals surface area contributed by atoms with Crippen molar-refractivity contribution in [3.63, 3.8) is 0 Å². The van der Waals surface area contributed by atoms with Gasteiger partial charge in [0.1, 0.15) is 5.60 Å². The molecule has 1 N–H and O–H groups in total. The van der Waals surface area contributed by atoms with E-state index in [1.54, 1.807) is 37.8 Å². The number of para-hydroxylation sites is 1. The Kier molecular flexibility index (Phi) is 8.45. The Bertz CT molecular complexity index is 762. The molecule has 0 aliphatic carbocycles. The third kappa shape index (κ3) is 7.81. The third-order valence-corrected chi connectivity index (χ3v) is 4.99. The van der Waals surface area contributed by atoms with Crippen LogP contribution in [-0.2, 0) is 19.1 Å². The number of hydrogen-bond donors (Lipinski definition) is 1. The van der Waals surface area contributed by atoms with Gasteiger partial charge in [-0.25, -0.2) is 4.79 Å². The summed E-state index contributed by atoms with van der Waals surface area (Å²) in [5.41, 5.74) is -0.360. The molecule has 7 nitrogen and oxygen atoms in total. The SMILES string of the molecule is CC(C)(C)OC(=O)N1CCC(C(=O)OCC(=O)Nc2ccccc2SC(F)F)CC1. The van der Waals surface area contributed by atoms with E-state index < -0.39 is 41.9 Å². The Labute approximate surface area is 178 Å². The topological polar surface area (TPSA) is 84.9 Å². The number of carbonyl (C=O) groups is 3. The van der Waals surface area contributed by atoms with Gasteiger partial charge in [-0.05, 0) is 45.7 Å². The van der Waals surface area contributed by atoms with E-state index in [0.717, 1.165) is 0 Å². The molecule has 2 amide bonds. The summed E-state index contributed by atoms with van der Waals surface area (Å²) < 4.78 is 35.6. The second-order valence-corrected chi connectivity index (χ2v) is 8.80. The zero-order valence-corrected chi connectivity index (χ0v) is 18.0. The Morgan fingerprint density at radius 1 is 1.20 bits per heavy atom. The van der Waals surface area contributed by atoms with Crippen LogP contribution in [0.15, 0.2) is 29.2 Å². The molecule has 0 atom stereocenters. The van der Waals surface area contributed by atoms with Crippen LogP contribution >= 0.6 is 11.8 Å². The van der Waals surface area contributed by atoms with E-state index in [0.29, 0.717) is 37.7 Å². The highest BCUT2D eigenvalue weighted by molar-refractivity contribution is 7.99. The van der Waals surface area contributed by atoms with Gasteiger partial charge in [0.15, 0.2) is 6.61 Å². The number of thioether (sulfide) groups is 1. The van der Waals surface area contributed by atoms with Crippen LogP contribution in [0.4, 0.5) is 19.3 Å². The van der Waals surface area contributed by atoms with Crippen LogP contribution in [0.1, 0.15) is 33.6 Å². The standard InChI is InChI=1S/C20H26F2N2O5S/c1-20(2,3)29-19(27)24-10-8-13(9-11-24)17(26)28-12-16(25)23-14-6-4-5-7-15(14)30-18(21)22/h4-7,13,18H,8-12H2,1-3H3,(H,23,25). The fourth-order valence-electron chi connectivity index (χ4n) is 2.83. The van der Waals surface area contributed by atoms with Crippen LogP contribution in [0, 0.1) is 5.92 Å². The van der Waals surface area contributed by atoms with Crippen molar-refractivity contribution in [2.24, 2.45) is 5.92 Å². The molecule has 0 unspecified atom stereocenters. The highest BCUT2D eigenvalue weighted by Crippen LogP contribution is 2.31. The number of hydrogen-bond acceptors (Lipinski definition) is 6. The molecule has 1 aliphatic rings. The number of nitrogens with zero attached hydrogens (tertiary/aromatic N) is 1. The highest BCUT2D eigenvalue weighted by Gasteiger charge is 2.31. The lowest BCUT2D eigenvalue weighted by atomic mass is 9.97. The second-order valence-electron chi connectivity index (χ2n) is 7.77. The molecule has 30 heavy (non-hydrogen) atoms. The number of benzene rings is 1. The molecule has 0 radical (unpaired) electrons. The highest BCUT2D eigenvalue weighted by atomic mass is 32.2. The van der Waals surface area contributed by atoms with Gasteiger partial charge in [0.2, 0.25) is 0 Å². The summed E-state index contributed by atoms with van der Waals surface area (Å²) in [5.74, 6) is -4.17. The summed E-state index contributed by atoms with van der Waals surface area (Å²) >= 11 is 0.322. The molecule has 1 aromatic rings. The fraction of sp³-hybridized carbons (Fsp3) is 0.550.